The Morgan fingerprint density at radius 1 is 1.19 bits per heavy atom. The minimum atomic E-state index is -0.976. The van der Waals surface area contributed by atoms with E-state index in [1.54, 1.807) is 0 Å². The van der Waals surface area contributed by atoms with Gasteiger partial charge in [-0.3, -0.25) is 14.5 Å². The Morgan fingerprint density at radius 3 is 2.33 bits per heavy atom. The van der Waals surface area contributed by atoms with Gasteiger partial charge in [0.2, 0.25) is 11.8 Å². The van der Waals surface area contributed by atoms with Gasteiger partial charge in [0.25, 0.3) is 0 Å². The second-order valence-electron chi connectivity index (χ2n) is 6.45. The summed E-state index contributed by atoms with van der Waals surface area (Å²) in [5.74, 6) is -1.13. The molecule has 2 saturated heterocycles. The molecule has 2 aliphatic carbocycles. The molecule has 6 heteroatoms. The number of amides is 2. The van der Waals surface area contributed by atoms with Crippen LogP contribution in [0.4, 0.5) is 0 Å². The number of carbonyl (C=O) groups is 3. The van der Waals surface area contributed by atoms with Crippen molar-refractivity contribution in [2.24, 2.45) is 23.7 Å². The predicted octanol–water partition coefficient (Wildman–Crippen LogP) is 0.426. The van der Waals surface area contributed by atoms with E-state index in [4.69, 9.17) is 9.84 Å². The quantitative estimate of drug-likeness (QED) is 0.602. The molecule has 1 saturated carbocycles. The van der Waals surface area contributed by atoms with Gasteiger partial charge in [0, 0.05) is 0 Å². The van der Waals surface area contributed by atoms with E-state index in [9.17, 15) is 14.4 Å². The van der Waals surface area contributed by atoms with Crippen LogP contribution in [0, 0.1) is 23.7 Å². The third kappa shape index (κ3) is 1.78. The number of fused-ring (bicyclic) bond motifs is 5. The first kappa shape index (κ1) is 13.0. The molecule has 6 atom stereocenters. The van der Waals surface area contributed by atoms with Gasteiger partial charge in [0.1, 0.15) is 0 Å². The Morgan fingerprint density at radius 2 is 1.81 bits per heavy atom. The normalized spacial score (nSPS) is 43.9. The molecular formula is C15H17NO5. The molecular weight excluding hydrogens is 274 g/mol. The van der Waals surface area contributed by atoms with Crippen LogP contribution in [0.5, 0.6) is 0 Å². The maximum Gasteiger partial charge on any atom is 0.332 e. The van der Waals surface area contributed by atoms with Gasteiger partial charge < -0.3 is 9.84 Å². The van der Waals surface area contributed by atoms with Crippen molar-refractivity contribution in [3.8, 4) is 0 Å². The molecule has 4 rings (SSSR count). The van der Waals surface area contributed by atoms with Crippen LogP contribution < -0.4 is 0 Å². The van der Waals surface area contributed by atoms with E-state index in [-0.39, 0.29) is 48.1 Å². The Hall–Kier alpha value is -1.69. The molecule has 0 spiro atoms. The van der Waals surface area contributed by atoms with Crippen LogP contribution in [0.1, 0.15) is 19.3 Å². The van der Waals surface area contributed by atoms with Crippen LogP contribution in [0.25, 0.3) is 0 Å². The fourth-order valence-electron chi connectivity index (χ4n) is 4.37. The SMILES string of the molecule is O=C(O)C1CCC(CN2C(=O)C3C4C=CC(C4)C3C2=O)O1. The van der Waals surface area contributed by atoms with Crippen molar-refractivity contribution in [1.29, 1.82) is 0 Å². The number of carbonyl (C=O) groups excluding carboxylic acids is 2. The summed E-state index contributed by atoms with van der Waals surface area (Å²) < 4.78 is 5.41. The second-order valence-corrected chi connectivity index (χ2v) is 6.45. The number of likely N-dealkylation sites (tertiary alicyclic amines) is 1. The first-order valence-electron chi connectivity index (χ1n) is 7.48. The molecule has 6 nitrogen and oxygen atoms in total. The number of hydrogen-bond donors (Lipinski definition) is 1. The summed E-state index contributed by atoms with van der Waals surface area (Å²) in [6.45, 7) is 0.202. The number of aliphatic carboxylic acids is 1. The van der Waals surface area contributed by atoms with Crippen molar-refractivity contribution in [2.75, 3.05) is 6.54 Å². The highest BCUT2D eigenvalue weighted by Crippen LogP contribution is 2.52. The van der Waals surface area contributed by atoms with Crippen molar-refractivity contribution < 1.29 is 24.2 Å². The van der Waals surface area contributed by atoms with Crippen molar-refractivity contribution >= 4 is 17.8 Å². The molecule has 0 aromatic rings. The number of ether oxygens (including phenoxy) is 1. The zero-order valence-electron chi connectivity index (χ0n) is 11.5. The first-order valence-corrected chi connectivity index (χ1v) is 7.48. The number of nitrogens with zero attached hydrogens (tertiary/aromatic N) is 1. The average Bonchev–Trinajstić information content (AvgIpc) is 3.19. The third-order valence-electron chi connectivity index (χ3n) is 5.33. The summed E-state index contributed by atoms with van der Waals surface area (Å²) in [6.07, 6.45) is 4.91. The molecule has 4 aliphatic rings. The Bertz CT molecular complexity index is 526. The lowest BCUT2D eigenvalue weighted by Crippen LogP contribution is -2.39. The Balaban J connectivity index is 1.47. The average molecular weight is 291 g/mol. The fraction of sp³-hybridized carbons (Fsp3) is 0.667. The summed E-state index contributed by atoms with van der Waals surface area (Å²) in [4.78, 5) is 37.2. The highest BCUT2D eigenvalue weighted by Gasteiger charge is 2.59. The molecule has 2 bridgehead atoms. The Kier molecular flexibility index (Phi) is 2.73. The number of rotatable bonds is 3. The van der Waals surface area contributed by atoms with E-state index in [1.165, 1.54) is 4.90 Å². The lowest BCUT2D eigenvalue weighted by Gasteiger charge is -2.21. The maximum atomic E-state index is 12.5. The summed E-state index contributed by atoms with van der Waals surface area (Å²) in [5.41, 5.74) is 0. The van der Waals surface area contributed by atoms with Crippen molar-refractivity contribution in [1.82, 2.24) is 4.90 Å². The molecule has 112 valence electrons. The Labute approximate surface area is 121 Å². The highest BCUT2D eigenvalue weighted by molar-refractivity contribution is 6.06. The van der Waals surface area contributed by atoms with E-state index in [2.05, 4.69) is 12.2 Å². The molecule has 0 radical (unpaired) electrons. The maximum absolute atomic E-state index is 12.5. The van der Waals surface area contributed by atoms with E-state index in [0.29, 0.717) is 12.8 Å². The molecule has 2 amide bonds. The minimum Gasteiger partial charge on any atom is -0.479 e. The lowest BCUT2D eigenvalue weighted by atomic mass is 9.85. The van der Waals surface area contributed by atoms with Gasteiger partial charge in [-0.05, 0) is 31.1 Å². The van der Waals surface area contributed by atoms with E-state index >= 15 is 0 Å². The van der Waals surface area contributed by atoms with Gasteiger partial charge in [0.05, 0.1) is 24.5 Å². The predicted molar refractivity (Wildman–Crippen MR) is 70.0 cm³/mol. The minimum absolute atomic E-state index is 0.0933. The van der Waals surface area contributed by atoms with Gasteiger partial charge in [-0.1, -0.05) is 12.2 Å². The van der Waals surface area contributed by atoms with Crippen LogP contribution in [-0.2, 0) is 19.1 Å². The van der Waals surface area contributed by atoms with Gasteiger partial charge in [-0.2, -0.15) is 0 Å². The van der Waals surface area contributed by atoms with Crippen LogP contribution in [0.3, 0.4) is 0 Å². The summed E-state index contributed by atoms with van der Waals surface area (Å²) in [6, 6.07) is 0. The molecule has 2 heterocycles. The van der Waals surface area contributed by atoms with Crippen LogP contribution in [-0.4, -0.2) is 46.5 Å². The molecule has 1 N–H and O–H groups in total. The van der Waals surface area contributed by atoms with E-state index in [0.717, 1.165) is 6.42 Å². The number of carboxylic acid groups (broad SMARTS) is 1. The first-order chi connectivity index (χ1) is 10.1. The van der Waals surface area contributed by atoms with Crippen LogP contribution in [0.2, 0.25) is 0 Å². The second kappa shape index (κ2) is 4.40. The van der Waals surface area contributed by atoms with Gasteiger partial charge in [-0.15, -0.1) is 0 Å². The lowest BCUT2D eigenvalue weighted by molar-refractivity contribution is -0.150. The largest absolute Gasteiger partial charge is 0.479 e. The fourth-order valence-corrected chi connectivity index (χ4v) is 4.37. The third-order valence-corrected chi connectivity index (χ3v) is 5.33. The molecule has 0 aromatic carbocycles. The highest BCUT2D eigenvalue weighted by atomic mass is 16.5. The summed E-state index contributed by atoms with van der Waals surface area (Å²) in [5, 5.41) is 8.92. The van der Waals surface area contributed by atoms with E-state index < -0.39 is 12.1 Å². The topological polar surface area (TPSA) is 83.9 Å². The zero-order valence-corrected chi connectivity index (χ0v) is 11.5. The van der Waals surface area contributed by atoms with Crippen molar-refractivity contribution in [3.05, 3.63) is 12.2 Å². The smallest absolute Gasteiger partial charge is 0.332 e. The molecule has 21 heavy (non-hydrogen) atoms. The van der Waals surface area contributed by atoms with Crippen LogP contribution in [0.15, 0.2) is 12.2 Å². The van der Waals surface area contributed by atoms with Gasteiger partial charge in [-0.25, -0.2) is 4.79 Å². The van der Waals surface area contributed by atoms with Gasteiger partial charge in [0.15, 0.2) is 6.10 Å². The number of imide groups is 1. The molecule has 3 fully saturated rings. The molecule has 6 unspecified atom stereocenters. The van der Waals surface area contributed by atoms with Crippen LogP contribution >= 0.6 is 0 Å². The van der Waals surface area contributed by atoms with Gasteiger partial charge >= 0.3 is 5.97 Å². The zero-order chi connectivity index (χ0) is 14.7. The van der Waals surface area contributed by atoms with E-state index in [1.807, 2.05) is 0 Å². The number of allylic oxidation sites excluding steroid dienone is 2. The summed E-state index contributed by atoms with van der Waals surface area (Å²) in [7, 11) is 0. The molecule has 2 aliphatic heterocycles. The monoisotopic (exact) mass is 291 g/mol. The standard InChI is InChI=1S/C15H17NO5/c17-13-11-7-1-2-8(5-7)12(11)14(18)16(13)6-9-3-4-10(21-9)15(19)20/h1-2,7-12H,3-6H2,(H,19,20). The van der Waals surface area contributed by atoms with Crippen molar-refractivity contribution in [3.63, 3.8) is 0 Å². The number of carboxylic acids is 1. The van der Waals surface area contributed by atoms with Crippen molar-refractivity contribution in [2.45, 2.75) is 31.5 Å². The number of hydrogen-bond acceptors (Lipinski definition) is 4. The summed E-state index contributed by atoms with van der Waals surface area (Å²) >= 11 is 0. The molecule has 0 aromatic heterocycles.